The lowest BCUT2D eigenvalue weighted by Gasteiger charge is -2.05. The average molecular weight is 201 g/mol. The van der Waals surface area contributed by atoms with E-state index in [9.17, 15) is 0 Å². The Hall–Kier alpha value is -1.64. The highest BCUT2D eigenvalue weighted by atomic mass is 15.3. The summed E-state index contributed by atoms with van der Waals surface area (Å²) in [5.41, 5.74) is 5.09. The van der Waals surface area contributed by atoms with Gasteiger partial charge in [-0.3, -0.25) is 0 Å². The second kappa shape index (κ2) is 4.26. The van der Waals surface area contributed by atoms with E-state index in [4.69, 9.17) is 0 Å². The summed E-state index contributed by atoms with van der Waals surface area (Å²) < 4.78 is 0. The van der Waals surface area contributed by atoms with Gasteiger partial charge in [-0.1, -0.05) is 23.8 Å². The predicted octanol–water partition coefficient (Wildman–Crippen LogP) is 2.21. The van der Waals surface area contributed by atoms with E-state index in [1.807, 2.05) is 0 Å². The minimum absolute atomic E-state index is 0.945. The van der Waals surface area contributed by atoms with Gasteiger partial charge < -0.3 is 0 Å². The molecular formula is C12H15N3. The fourth-order valence-corrected chi connectivity index (χ4v) is 1.68. The molecule has 78 valence electrons. The van der Waals surface area contributed by atoms with Crippen LogP contribution in [-0.2, 0) is 12.8 Å². The second-order valence-electron chi connectivity index (χ2n) is 3.89. The Morgan fingerprint density at radius 3 is 2.80 bits per heavy atom. The summed E-state index contributed by atoms with van der Waals surface area (Å²) >= 11 is 0. The molecule has 3 heteroatoms. The van der Waals surface area contributed by atoms with E-state index in [1.54, 1.807) is 6.20 Å². The van der Waals surface area contributed by atoms with E-state index < -0.39 is 0 Å². The molecule has 0 saturated carbocycles. The zero-order valence-electron chi connectivity index (χ0n) is 9.12. The largest absolute Gasteiger partial charge is 0.198 e. The molecule has 1 aromatic heterocycles. The molecule has 0 amide bonds. The fourth-order valence-electron chi connectivity index (χ4n) is 1.68. The van der Waals surface area contributed by atoms with Crippen molar-refractivity contribution >= 4 is 0 Å². The Kier molecular flexibility index (Phi) is 2.81. The lowest BCUT2D eigenvalue weighted by Crippen LogP contribution is -1.95. The third-order valence-corrected chi connectivity index (χ3v) is 2.62. The topological polar surface area (TPSA) is 41.6 Å². The highest BCUT2D eigenvalue weighted by Gasteiger charge is 2.01. The fraction of sp³-hybridized carbons (Fsp3) is 0.333. The Morgan fingerprint density at radius 2 is 2.07 bits per heavy atom. The summed E-state index contributed by atoms with van der Waals surface area (Å²) in [4.78, 5) is 0. The molecule has 1 aromatic carbocycles. The van der Waals surface area contributed by atoms with Crippen LogP contribution in [0.1, 0.15) is 22.4 Å². The first-order valence-electron chi connectivity index (χ1n) is 5.16. The highest BCUT2D eigenvalue weighted by molar-refractivity contribution is 5.30. The van der Waals surface area contributed by atoms with Gasteiger partial charge in [0.15, 0.2) is 0 Å². The van der Waals surface area contributed by atoms with Crippen LogP contribution in [0.2, 0.25) is 0 Å². The summed E-state index contributed by atoms with van der Waals surface area (Å²) in [6.07, 6.45) is 3.76. The maximum Gasteiger partial charge on any atom is 0.0828 e. The molecule has 0 unspecified atom stereocenters. The Bertz CT molecular complexity index is 432. The molecule has 0 spiro atoms. The van der Waals surface area contributed by atoms with Gasteiger partial charge in [-0.15, -0.1) is 0 Å². The molecule has 0 atom stereocenters. The number of nitrogens with one attached hydrogen (secondary N) is 1. The molecule has 0 fully saturated rings. The smallest absolute Gasteiger partial charge is 0.0828 e. The number of aromatic amines is 1. The molecule has 2 aromatic rings. The number of H-pyrrole nitrogens is 1. The molecule has 0 aliphatic carbocycles. The van der Waals surface area contributed by atoms with Crippen LogP contribution in [0.5, 0.6) is 0 Å². The number of nitrogens with zero attached hydrogens (tertiary/aromatic N) is 2. The van der Waals surface area contributed by atoms with Crippen LogP contribution >= 0.6 is 0 Å². The van der Waals surface area contributed by atoms with Crippen LogP contribution in [0, 0.1) is 13.8 Å². The third-order valence-electron chi connectivity index (χ3n) is 2.62. The molecule has 2 rings (SSSR count). The van der Waals surface area contributed by atoms with Crippen molar-refractivity contribution < 1.29 is 0 Å². The highest BCUT2D eigenvalue weighted by Crippen LogP contribution is 2.12. The number of aryl methyl sites for hydroxylation is 4. The van der Waals surface area contributed by atoms with E-state index in [-0.39, 0.29) is 0 Å². The molecule has 3 nitrogen and oxygen atoms in total. The van der Waals surface area contributed by atoms with Crippen molar-refractivity contribution in [3.05, 3.63) is 46.8 Å². The summed E-state index contributed by atoms with van der Waals surface area (Å²) in [5, 5.41) is 10.5. The lowest BCUT2D eigenvalue weighted by atomic mass is 10.0. The van der Waals surface area contributed by atoms with Crippen molar-refractivity contribution in [2.45, 2.75) is 26.7 Å². The van der Waals surface area contributed by atoms with Gasteiger partial charge in [0.2, 0.25) is 0 Å². The van der Waals surface area contributed by atoms with Crippen LogP contribution in [0.25, 0.3) is 0 Å². The summed E-state index contributed by atoms with van der Waals surface area (Å²) in [6.45, 7) is 4.27. The third kappa shape index (κ3) is 2.43. The average Bonchev–Trinajstić information content (AvgIpc) is 2.72. The van der Waals surface area contributed by atoms with Gasteiger partial charge in [0.05, 0.1) is 11.9 Å². The van der Waals surface area contributed by atoms with Crippen molar-refractivity contribution in [2.24, 2.45) is 0 Å². The first-order chi connectivity index (χ1) is 7.25. The van der Waals surface area contributed by atoms with Crippen molar-refractivity contribution in [3.8, 4) is 0 Å². The zero-order valence-corrected chi connectivity index (χ0v) is 9.12. The van der Waals surface area contributed by atoms with Gasteiger partial charge in [0.25, 0.3) is 0 Å². The first kappa shape index (κ1) is 9.90. The van der Waals surface area contributed by atoms with Gasteiger partial charge in [0, 0.05) is 0 Å². The minimum Gasteiger partial charge on any atom is -0.198 e. The molecule has 0 aliphatic rings. The predicted molar refractivity (Wildman–Crippen MR) is 59.7 cm³/mol. The van der Waals surface area contributed by atoms with Gasteiger partial charge >= 0.3 is 0 Å². The van der Waals surface area contributed by atoms with E-state index in [2.05, 4.69) is 47.5 Å². The standard InChI is InChI=1S/C12H15N3/c1-9-3-4-10(2)11(7-9)5-6-12-8-13-15-14-12/h3-4,7-8H,5-6H2,1-2H3,(H,13,14,15). The van der Waals surface area contributed by atoms with Gasteiger partial charge in [0.1, 0.15) is 0 Å². The lowest BCUT2D eigenvalue weighted by molar-refractivity contribution is 0.867. The van der Waals surface area contributed by atoms with E-state index >= 15 is 0 Å². The maximum absolute atomic E-state index is 4.05. The molecule has 15 heavy (non-hydrogen) atoms. The van der Waals surface area contributed by atoms with Gasteiger partial charge in [-0.05, 0) is 37.8 Å². The van der Waals surface area contributed by atoms with E-state index in [0.717, 1.165) is 18.5 Å². The van der Waals surface area contributed by atoms with Crippen LogP contribution in [0.3, 0.4) is 0 Å². The Morgan fingerprint density at radius 1 is 1.20 bits per heavy atom. The SMILES string of the molecule is Cc1ccc(C)c(CCc2cn[nH]n2)c1. The maximum atomic E-state index is 4.05. The first-order valence-corrected chi connectivity index (χ1v) is 5.16. The van der Waals surface area contributed by atoms with Crippen LogP contribution < -0.4 is 0 Å². The minimum atomic E-state index is 0.945. The Balaban J connectivity index is 2.07. The monoisotopic (exact) mass is 201 g/mol. The van der Waals surface area contributed by atoms with E-state index in [1.165, 1.54) is 16.7 Å². The van der Waals surface area contributed by atoms with Crippen LogP contribution in [-0.4, -0.2) is 15.4 Å². The number of hydrogen-bond acceptors (Lipinski definition) is 2. The quantitative estimate of drug-likeness (QED) is 0.827. The van der Waals surface area contributed by atoms with E-state index in [0.29, 0.717) is 0 Å². The summed E-state index contributed by atoms with van der Waals surface area (Å²) in [5.74, 6) is 0. The summed E-state index contributed by atoms with van der Waals surface area (Å²) in [6, 6.07) is 6.57. The van der Waals surface area contributed by atoms with Gasteiger partial charge in [-0.25, -0.2) is 0 Å². The number of benzene rings is 1. The Labute approximate surface area is 89.5 Å². The van der Waals surface area contributed by atoms with Crippen molar-refractivity contribution in [1.82, 2.24) is 15.4 Å². The molecule has 1 N–H and O–H groups in total. The molecule has 0 radical (unpaired) electrons. The van der Waals surface area contributed by atoms with Crippen LogP contribution in [0.15, 0.2) is 24.4 Å². The van der Waals surface area contributed by atoms with Crippen molar-refractivity contribution in [3.63, 3.8) is 0 Å². The molecule has 0 saturated heterocycles. The second-order valence-corrected chi connectivity index (χ2v) is 3.89. The van der Waals surface area contributed by atoms with Crippen molar-refractivity contribution in [1.29, 1.82) is 0 Å². The normalized spacial score (nSPS) is 10.5. The number of aromatic nitrogens is 3. The van der Waals surface area contributed by atoms with Gasteiger partial charge in [-0.2, -0.15) is 15.4 Å². The van der Waals surface area contributed by atoms with Crippen molar-refractivity contribution in [2.75, 3.05) is 0 Å². The molecule has 1 heterocycles. The van der Waals surface area contributed by atoms with Crippen LogP contribution in [0.4, 0.5) is 0 Å². The number of hydrogen-bond donors (Lipinski definition) is 1. The summed E-state index contributed by atoms with van der Waals surface area (Å²) in [7, 11) is 0. The molecule has 0 aliphatic heterocycles. The number of rotatable bonds is 3. The molecular weight excluding hydrogens is 186 g/mol. The zero-order chi connectivity index (χ0) is 10.7. The molecule has 0 bridgehead atoms.